The van der Waals surface area contributed by atoms with Crippen molar-refractivity contribution in [1.29, 1.82) is 0 Å². The second kappa shape index (κ2) is 5.65. The third-order valence-electron chi connectivity index (χ3n) is 1.56. The van der Waals surface area contributed by atoms with E-state index in [2.05, 4.69) is 23.2 Å². The smallest absolute Gasteiger partial charge is 0.189 e. The molecule has 0 saturated carbocycles. The maximum Gasteiger partial charge on any atom is 0.189 e. The highest BCUT2D eigenvalue weighted by Gasteiger charge is 1.90. The van der Waals surface area contributed by atoms with Crippen LogP contribution >= 0.6 is 0 Å². The molecule has 2 rings (SSSR count). The van der Waals surface area contributed by atoms with E-state index >= 15 is 0 Å². The van der Waals surface area contributed by atoms with E-state index < -0.39 is 0 Å². The van der Waals surface area contributed by atoms with Crippen molar-refractivity contribution < 1.29 is 4.74 Å². The van der Waals surface area contributed by atoms with Crippen LogP contribution in [0.25, 0.3) is 6.08 Å². The summed E-state index contributed by atoms with van der Waals surface area (Å²) in [4.78, 5) is 0. The molecule has 0 bridgehead atoms. The van der Waals surface area contributed by atoms with Crippen LogP contribution in [0.5, 0.6) is 0 Å². The molecule has 0 spiro atoms. The quantitative estimate of drug-likeness (QED) is 0.730. The third kappa shape index (κ3) is 3.63. The monoisotopic (exact) mass is 187 g/mol. The van der Waals surface area contributed by atoms with E-state index in [1.54, 1.807) is 12.5 Å². The summed E-state index contributed by atoms with van der Waals surface area (Å²) < 4.78 is 4.67. The predicted molar refractivity (Wildman–Crippen MR) is 59.0 cm³/mol. The molecule has 1 N–H and O–H groups in total. The number of ether oxygens (including phenoxy) is 1. The topological polar surface area (TPSA) is 21.3 Å². The molecule has 0 radical (unpaired) electrons. The number of nitrogens with one attached hydrogen (secondary N) is 1. The summed E-state index contributed by atoms with van der Waals surface area (Å²) >= 11 is 0. The highest BCUT2D eigenvalue weighted by Crippen LogP contribution is 1.97. The van der Waals surface area contributed by atoms with Gasteiger partial charge in [-0.05, 0) is 12.1 Å². The van der Waals surface area contributed by atoms with E-state index in [1.807, 2.05) is 36.4 Å². The van der Waals surface area contributed by atoms with Crippen LogP contribution in [0.2, 0.25) is 0 Å². The Morgan fingerprint density at radius 2 is 1.93 bits per heavy atom. The van der Waals surface area contributed by atoms with Gasteiger partial charge in [0.05, 0.1) is 0 Å². The molecule has 0 aromatic heterocycles. The Morgan fingerprint density at radius 1 is 1.21 bits per heavy atom. The SMILES string of the molecule is C=C1NC=CO1.C=Cc1ccccc1. The van der Waals surface area contributed by atoms with Crippen LogP contribution in [0.4, 0.5) is 0 Å². The fraction of sp³-hybridized carbons (Fsp3) is 0. The Kier molecular flexibility index (Phi) is 4.08. The zero-order valence-corrected chi connectivity index (χ0v) is 7.94. The van der Waals surface area contributed by atoms with Gasteiger partial charge in [-0.15, -0.1) is 0 Å². The molecule has 2 nitrogen and oxygen atoms in total. The molecule has 0 fully saturated rings. The normalized spacial score (nSPS) is 12.1. The van der Waals surface area contributed by atoms with Crippen molar-refractivity contribution in [3.63, 3.8) is 0 Å². The largest absolute Gasteiger partial charge is 0.448 e. The van der Waals surface area contributed by atoms with Crippen molar-refractivity contribution in [3.8, 4) is 0 Å². The van der Waals surface area contributed by atoms with Crippen LogP contribution in [0.1, 0.15) is 5.56 Å². The number of hydrogen-bond donors (Lipinski definition) is 1. The Balaban J connectivity index is 0.000000146. The predicted octanol–water partition coefficient (Wildman–Crippen LogP) is 2.88. The van der Waals surface area contributed by atoms with Crippen molar-refractivity contribution in [1.82, 2.24) is 5.32 Å². The molecule has 1 aliphatic rings. The van der Waals surface area contributed by atoms with Gasteiger partial charge in [-0.2, -0.15) is 0 Å². The lowest BCUT2D eigenvalue weighted by Gasteiger charge is -1.88. The molecule has 1 aromatic carbocycles. The first-order chi connectivity index (χ1) is 6.83. The van der Waals surface area contributed by atoms with Gasteiger partial charge in [-0.3, -0.25) is 0 Å². The van der Waals surface area contributed by atoms with Crippen molar-refractivity contribution >= 4 is 6.08 Å². The second-order valence-corrected chi connectivity index (χ2v) is 2.60. The van der Waals surface area contributed by atoms with Crippen molar-refractivity contribution in [2.24, 2.45) is 0 Å². The summed E-state index contributed by atoms with van der Waals surface area (Å²) in [5.41, 5.74) is 1.17. The summed E-state index contributed by atoms with van der Waals surface area (Å²) in [5.74, 6) is 0.593. The van der Waals surface area contributed by atoms with Crippen LogP contribution in [0, 0.1) is 0 Å². The zero-order chi connectivity index (χ0) is 10.2. The van der Waals surface area contributed by atoms with Gasteiger partial charge in [0.25, 0.3) is 0 Å². The first-order valence-electron chi connectivity index (χ1n) is 4.27. The van der Waals surface area contributed by atoms with E-state index in [0.29, 0.717) is 5.88 Å². The average Bonchev–Trinajstić information content (AvgIpc) is 2.71. The first kappa shape index (κ1) is 10.1. The second-order valence-electron chi connectivity index (χ2n) is 2.60. The molecular formula is C12H13NO. The van der Waals surface area contributed by atoms with Gasteiger partial charge in [0.2, 0.25) is 0 Å². The lowest BCUT2D eigenvalue weighted by Crippen LogP contribution is -1.94. The standard InChI is InChI=1S/C8H8.C4H5NO/c1-2-8-6-4-3-5-7-8;1-4-5-2-3-6-4/h2-7H,1H2;2-3,5H,1H2. The number of hydrogen-bond acceptors (Lipinski definition) is 2. The van der Waals surface area contributed by atoms with Gasteiger partial charge in [0.15, 0.2) is 5.88 Å². The minimum absolute atomic E-state index is 0.593. The maximum atomic E-state index is 4.67. The number of rotatable bonds is 1. The van der Waals surface area contributed by atoms with Gasteiger partial charge in [0.1, 0.15) is 6.26 Å². The van der Waals surface area contributed by atoms with Gasteiger partial charge in [-0.1, -0.05) is 43.0 Å². The first-order valence-corrected chi connectivity index (χ1v) is 4.27. The van der Waals surface area contributed by atoms with E-state index in [1.165, 1.54) is 5.56 Å². The highest BCUT2D eigenvalue weighted by atomic mass is 16.5. The van der Waals surface area contributed by atoms with Gasteiger partial charge < -0.3 is 10.1 Å². The van der Waals surface area contributed by atoms with Gasteiger partial charge in [0, 0.05) is 6.20 Å². The summed E-state index contributed by atoms with van der Waals surface area (Å²) in [6, 6.07) is 10.0. The van der Waals surface area contributed by atoms with Crippen molar-refractivity contribution in [3.05, 3.63) is 67.4 Å². The van der Waals surface area contributed by atoms with E-state index in [4.69, 9.17) is 0 Å². The fourth-order valence-electron chi connectivity index (χ4n) is 0.866. The lowest BCUT2D eigenvalue weighted by atomic mass is 10.2. The van der Waals surface area contributed by atoms with Crippen LogP contribution in [-0.2, 0) is 4.74 Å². The Hall–Kier alpha value is -1.96. The maximum absolute atomic E-state index is 4.67. The minimum Gasteiger partial charge on any atom is -0.448 e. The molecule has 1 aliphatic heterocycles. The molecule has 72 valence electrons. The van der Waals surface area contributed by atoms with Crippen molar-refractivity contribution in [2.45, 2.75) is 0 Å². The Labute approximate surface area is 84.2 Å². The summed E-state index contributed by atoms with van der Waals surface area (Å²) in [6.45, 7) is 7.09. The minimum atomic E-state index is 0.593. The molecule has 0 atom stereocenters. The molecule has 1 aromatic rings. The summed E-state index contributed by atoms with van der Waals surface area (Å²) in [5, 5.41) is 2.72. The fourth-order valence-corrected chi connectivity index (χ4v) is 0.866. The number of benzene rings is 1. The summed E-state index contributed by atoms with van der Waals surface area (Å²) in [6.07, 6.45) is 5.06. The highest BCUT2D eigenvalue weighted by molar-refractivity contribution is 5.45. The van der Waals surface area contributed by atoms with E-state index in [9.17, 15) is 0 Å². The Morgan fingerprint density at radius 3 is 2.21 bits per heavy atom. The molecule has 0 amide bonds. The summed E-state index contributed by atoms with van der Waals surface area (Å²) in [7, 11) is 0. The van der Waals surface area contributed by atoms with Crippen LogP contribution in [0.15, 0.2) is 61.8 Å². The zero-order valence-electron chi connectivity index (χ0n) is 7.94. The lowest BCUT2D eigenvalue weighted by molar-refractivity contribution is 0.359. The van der Waals surface area contributed by atoms with E-state index in [0.717, 1.165) is 0 Å². The van der Waals surface area contributed by atoms with Crippen LogP contribution < -0.4 is 5.32 Å². The molecule has 2 heteroatoms. The van der Waals surface area contributed by atoms with Crippen LogP contribution in [-0.4, -0.2) is 0 Å². The molecule has 1 heterocycles. The van der Waals surface area contributed by atoms with Gasteiger partial charge >= 0.3 is 0 Å². The molecule has 0 aliphatic carbocycles. The molecular weight excluding hydrogens is 174 g/mol. The third-order valence-corrected chi connectivity index (χ3v) is 1.56. The molecule has 0 saturated heterocycles. The van der Waals surface area contributed by atoms with E-state index in [-0.39, 0.29) is 0 Å². The average molecular weight is 187 g/mol. The van der Waals surface area contributed by atoms with Crippen molar-refractivity contribution in [2.75, 3.05) is 0 Å². The molecule has 0 unspecified atom stereocenters. The van der Waals surface area contributed by atoms with Gasteiger partial charge in [-0.25, -0.2) is 0 Å². The van der Waals surface area contributed by atoms with Crippen LogP contribution in [0.3, 0.4) is 0 Å². The molecule has 14 heavy (non-hydrogen) atoms. The Bertz CT molecular complexity index is 317.